The third kappa shape index (κ3) is 3.54. The number of hydrogen-bond acceptors (Lipinski definition) is 5. The average molecular weight is 392 g/mol. The summed E-state index contributed by atoms with van der Waals surface area (Å²) in [4.78, 5) is 11.3. The second-order valence-corrected chi connectivity index (χ2v) is 7.21. The van der Waals surface area contributed by atoms with E-state index in [1.54, 1.807) is 18.4 Å². The van der Waals surface area contributed by atoms with Crippen LogP contribution < -0.4 is 4.90 Å². The van der Waals surface area contributed by atoms with Crippen molar-refractivity contribution in [1.29, 1.82) is 0 Å². The summed E-state index contributed by atoms with van der Waals surface area (Å²) < 4.78 is 6.38. The molecule has 120 valence electrons. The number of pyridine rings is 1. The molecule has 3 rings (SSSR count). The maximum absolute atomic E-state index is 5.33. The Kier molecular flexibility index (Phi) is 4.94. The van der Waals surface area contributed by atoms with Gasteiger partial charge in [0.15, 0.2) is 0 Å². The zero-order chi connectivity index (χ0) is 16.4. The van der Waals surface area contributed by atoms with Crippen LogP contribution in [0.1, 0.15) is 23.7 Å². The SMILES string of the molecule is COC(C)c1nc(CN(C)c2ccnc3ccc(Br)cc23)cs1. The van der Waals surface area contributed by atoms with E-state index >= 15 is 0 Å². The third-order valence-corrected chi connectivity index (χ3v) is 5.31. The van der Waals surface area contributed by atoms with Crippen LogP contribution in [0.3, 0.4) is 0 Å². The summed E-state index contributed by atoms with van der Waals surface area (Å²) in [6.45, 7) is 2.76. The van der Waals surface area contributed by atoms with Gasteiger partial charge >= 0.3 is 0 Å². The van der Waals surface area contributed by atoms with Gasteiger partial charge in [0.2, 0.25) is 0 Å². The Bertz CT molecular complexity index is 820. The zero-order valence-electron chi connectivity index (χ0n) is 13.3. The molecule has 2 heterocycles. The lowest BCUT2D eigenvalue weighted by molar-refractivity contribution is 0.119. The molecule has 23 heavy (non-hydrogen) atoms. The zero-order valence-corrected chi connectivity index (χ0v) is 15.7. The third-order valence-electron chi connectivity index (χ3n) is 3.76. The molecular formula is C17H18BrN3OS. The molecule has 0 saturated heterocycles. The van der Waals surface area contributed by atoms with Gasteiger partial charge in [-0.2, -0.15) is 0 Å². The van der Waals surface area contributed by atoms with Gasteiger partial charge in [0.05, 0.1) is 17.8 Å². The van der Waals surface area contributed by atoms with Crippen LogP contribution in [0.15, 0.2) is 40.3 Å². The first kappa shape index (κ1) is 16.4. The van der Waals surface area contributed by atoms with Gasteiger partial charge in [0.1, 0.15) is 11.1 Å². The minimum absolute atomic E-state index is 0.0387. The Morgan fingerprint density at radius 1 is 1.35 bits per heavy atom. The molecule has 0 spiro atoms. The highest BCUT2D eigenvalue weighted by Crippen LogP contribution is 2.29. The number of methoxy groups -OCH3 is 1. The van der Waals surface area contributed by atoms with E-state index in [4.69, 9.17) is 4.74 Å². The number of hydrogen-bond donors (Lipinski definition) is 0. The molecule has 0 fully saturated rings. The minimum Gasteiger partial charge on any atom is -0.375 e. The average Bonchev–Trinajstić information content (AvgIpc) is 3.01. The molecular weight excluding hydrogens is 374 g/mol. The first-order chi connectivity index (χ1) is 11.1. The van der Waals surface area contributed by atoms with Crippen LogP contribution >= 0.6 is 27.3 Å². The van der Waals surface area contributed by atoms with Crippen molar-refractivity contribution in [3.63, 3.8) is 0 Å². The Balaban J connectivity index is 1.87. The molecule has 3 aromatic rings. The highest BCUT2D eigenvalue weighted by molar-refractivity contribution is 9.10. The van der Waals surface area contributed by atoms with Crippen LogP contribution in [-0.4, -0.2) is 24.1 Å². The number of halogens is 1. The summed E-state index contributed by atoms with van der Waals surface area (Å²) in [6.07, 6.45) is 1.89. The first-order valence-electron chi connectivity index (χ1n) is 7.31. The number of aromatic nitrogens is 2. The Hall–Kier alpha value is -1.50. The molecule has 1 aromatic carbocycles. The molecule has 1 atom stereocenters. The van der Waals surface area contributed by atoms with E-state index < -0.39 is 0 Å². The summed E-state index contributed by atoms with van der Waals surface area (Å²) in [5.41, 5.74) is 3.19. The van der Waals surface area contributed by atoms with Gasteiger partial charge in [-0.3, -0.25) is 4.98 Å². The van der Waals surface area contributed by atoms with E-state index in [1.165, 1.54) is 0 Å². The highest BCUT2D eigenvalue weighted by Gasteiger charge is 2.12. The van der Waals surface area contributed by atoms with Crippen molar-refractivity contribution in [2.24, 2.45) is 0 Å². The van der Waals surface area contributed by atoms with Crippen molar-refractivity contribution in [2.75, 3.05) is 19.1 Å². The lowest BCUT2D eigenvalue weighted by Gasteiger charge is -2.20. The number of benzene rings is 1. The fourth-order valence-corrected chi connectivity index (χ4v) is 3.65. The standard InChI is InChI=1S/C17H18BrN3OS/c1-11(22-3)17-20-13(10-23-17)9-21(2)16-6-7-19-15-5-4-12(18)8-14(15)16/h4-8,10-11H,9H2,1-3H3. The second kappa shape index (κ2) is 6.95. The van der Waals surface area contributed by atoms with Crippen LogP contribution in [0.2, 0.25) is 0 Å². The van der Waals surface area contributed by atoms with Crippen molar-refractivity contribution in [3.8, 4) is 0 Å². The maximum Gasteiger partial charge on any atom is 0.122 e. The number of anilines is 1. The molecule has 0 bridgehead atoms. The van der Waals surface area contributed by atoms with Gasteiger partial charge in [-0.1, -0.05) is 15.9 Å². The Morgan fingerprint density at radius 3 is 2.96 bits per heavy atom. The quantitative estimate of drug-likeness (QED) is 0.625. The Morgan fingerprint density at radius 2 is 2.17 bits per heavy atom. The van der Waals surface area contributed by atoms with E-state index in [1.807, 2.05) is 31.3 Å². The topological polar surface area (TPSA) is 38.2 Å². The molecule has 2 aromatic heterocycles. The molecule has 4 nitrogen and oxygen atoms in total. The van der Waals surface area contributed by atoms with Gasteiger partial charge < -0.3 is 9.64 Å². The summed E-state index contributed by atoms with van der Waals surface area (Å²) in [5.74, 6) is 0. The lowest BCUT2D eigenvalue weighted by atomic mass is 10.1. The molecule has 0 N–H and O–H groups in total. The molecule has 1 unspecified atom stereocenters. The van der Waals surface area contributed by atoms with Gasteiger partial charge in [0, 0.05) is 41.3 Å². The fourth-order valence-electron chi connectivity index (χ4n) is 2.45. The summed E-state index contributed by atoms with van der Waals surface area (Å²) in [7, 11) is 3.78. The second-order valence-electron chi connectivity index (χ2n) is 5.40. The highest BCUT2D eigenvalue weighted by atomic mass is 79.9. The van der Waals surface area contributed by atoms with E-state index in [9.17, 15) is 0 Å². The van der Waals surface area contributed by atoms with E-state index in [2.05, 4.69) is 49.3 Å². The normalized spacial score (nSPS) is 12.5. The van der Waals surface area contributed by atoms with Crippen LogP contribution in [-0.2, 0) is 11.3 Å². The summed E-state index contributed by atoms with van der Waals surface area (Å²) in [6, 6.07) is 8.18. The monoisotopic (exact) mass is 391 g/mol. The van der Waals surface area contributed by atoms with Crippen molar-refractivity contribution in [2.45, 2.75) is 19.6 Å². The van der Waals surface area contributed by atoms with E-state index in [0.29, 0.717) is 0 Å². The largest absolute Gasteiger partial charge is 0.375 e. The molecule has 0 aliphatic heterocycles. The minimum atomic E-state index is 0.0387. The van der Waals surface area contributed by atoms with E-state index in [0.717, 1.165) is 38.3 Å². The molecule has 0 amide bonds. The predicted molar refractivity (Wildman–Crippen MR) is 99.1 cm³/mol. The van der Waals surface area contributed by atoms with Gasteiger partial charge in [-0.25, -0.2) is 4.98 Å². The lowest BCUT2D eigenvalue weighted by Crippen LogP contribution is -2.17. The smallest absolute Gasteiger partial charge is 0.122 e. The van der Waals surface area contributed by atoms with Crippen molar-refractivity contribution in [1.82, 2.24) is 9.97 Å². The molecule has 0 aliphatic carbocycles. The molecule has 0 saturated carbocycles. The summed E-state index contributed by atoms with van der Waals surface area (Å²) >= 11 is 5.18. The Labute approximate surface area is 148 Å². The molecule has 0 radical (unpaired) electrons. The number of thiazole rings is 1. The number of fused-ring (bicyclic) bond motifs is 1. The molecule has 6 heteroatoms. The molecule has 0 aliphatic rings. The maximum atomic E-state index is 5.33. The van der Waals surface area contributed by atoms with Crippen molar-refractivity contribution < 1.29 is 4.74 Å². The van der Waals surface area contributed by atoms with Crippen LogP contribution in [0.25, 0.3) is 10.9 Å². The number of ether oxygens (including phenoxy) is 1. The van der Waals surface area contributed by atoms with Crippen molar-refractivity contribution >= 4 is 43.9 Å². The first-order valence-corrected chi connectivity index (χ1v) is 8.98. The summed E-state index contributed by atoms with van der Waals surface area (Å²) in [5, 5.41) is 4.24. The van der Waals surface area contributed by atoms with Crippen LogP contribution in [0.4, 0.5) is 5.69 Å². The van der Waals surface area contributed by atoms with Gasteiger partial charge in [0.25, 0.3) is 0 Å². The predicted octanol–water partition coefficient (Wildman–Crippen LogP) is 4.80. The number of rotatable bonds is 5. The van der Waals surface area contributed by atoms with E-state index in [-0.39, 0.29) is 6.10 Å². The van der Waals surface area contributed by atoms with Crippen LogP contribution in [0.5, 0.6) is 0 Å². The van der Waals surface area contributed by atoms with Crippen LogP contribution in [0, 0.1) is 0 Å². The van der Waals surface area contributed by atoms with Crippen molar-refractivity contribution in [3.05, 3.63) is 51.0 Å². The fraction of sp³-hybridized carbons (Fsp3) is 0.294. The van der Waals surface area contributed by atoms with Gasteiger partial charge in [-0.05, 0) is 31.2 Å². The van der Waals surface area contributed by atoms with Gasteiger partial charge in [-0.15, -0.1) is 11.3 Å². The number of nitrogens with zero attached hydrogens (tertiary/aromatic N) is 3.